The fraction of sp³-hybridized carbons (Fsp3) is 0.391. The van der Waals surface area contributed by atoms with Gasteiger partial charge in [0.05, 0.1) is 27.1 Å². The van der Waals surface area contributed by atoms with Gasteiger partial charge in [-0.3, -0.25) is 9.59 Å². The lowest BCUT2D eigenvalue weighted by atomic mass is 9.82. The van der Waals surface area contributed by atoms with Crippen molar-refractivity contribution in [2.45, 2.75) is 31.3 Å². The van der Waals surface area contributed by atoms with Crippen molar-refractivity contribution in [3.8, 4) is 17.2 Å². The van der Waals surface area contributed by atoms with E-state index >= 15 is 0 Å². The van der Waals surface area contributed by atoms with E-state index in [2.05, 4.69) is 0 Å². The van der Waals surface area contributed by atoms with Gasteiger partial charge in [0.2, 0.25) is 5.91 Å². The van der Waals surface area contributed by atoms with Gasteiger partial charge < -0.3 is 19.1 Å². The zero-order valence-electron chi connectivity index (χ0n) is 16.8. The molecule has 1 amide bonds. The summed E-state index contributed by atoms with van der Waals surface area (Å²) in [5, 5.41) is 0. The van der Waals surface area contributed by atoms with Gasteiger partial charge in [0.15, 0.2) is 5.78 Å². The number of carbonyl (C=O) groups excluding carboxylic acids is 2. The third-order valence-corrected chi connectivity index (χ3v) is 5.81. The summed E-state index contributed by atoms with van der Waals surface area (Å²) < 4.78 is 17.0. The maximum Gasteiger partial charge on any atom is 0.226 e. The first kappa shape index (κ1) is 19.3. The fourth-order valence-electron chi connectivity index (χ4n) is 4.18. The van der Waals surface area contributed by atoms with Crippen molar-refractivity contribution in [2.75, 3.05) is 27.3 Å². The number of nitrogens with zero attached hydrogens (tertiary/aromatic N) is 1. The quantitative estimate of drug-likeness (QED) is 0.795. The number of ether oxygens (including phenoxy) is 3. The SMILES string of the molecule is COc1cc(OC)c2c(c1)OC1(CCN(C(=O)Cc3ccccc3)CC1)CC2=O. The summed E-state index contributed by atoms with van der Waals surface area (Å²) in [6.45, 7) is 1.16. The summed E-state index contributed by atoms with van der Waals surface area (Å²) in [6.07, 6.45) is 1.94. The van der Waals surface area contributed by atoms with Gasteiger partial charge in [-0.25, -0.2) is 0 Å². The van der Waals surface area contributed by atoms with Gasteiger partial charge in [-0.05, 0) is 5.56 Å². The first-order valence-electron chi connectivity index (χ1n) is 9.83. The van der Waals surface area contributed by atoms with Crippen molar-refractivity contribution < 1.29 is 23.8 Å². The van der Waals surface area contributed by atoms with E-state index in [9.17, 15) is 9.59 Å². The number of hydrogen-bond donors (Lipinski definition) is 0. The molecule has 0 radical (unpaired) electrons. The molecular formula is C23H25NO5. The minimum Gasteiger partial charge on any atom is -0.496 e. The molecule has 2 aliphatic rings. The summed E-state index contributed by atoms with van der Waals surface area (Å²) in [7, 11) is 3.10. The zero-order chi connectivity index (χ0) is 20.4. The third kappa shape index (κ3) is 3.79. The van der Waals surface area contributed by atoms with E-state index in [4.69, 9.17) is 14.2 Å². The Morgan fingerprint density at radius 2 is 1.83 bits per heavy atom. The number of carbonyl (C=O) groups is 2. The average Bonchev–Trinajstić information content (AvgIpc) is 2.73. The minimum atomic E-state index is -0.578. The molecule has 2 aliphatic heterocycles. The number of Topliss-reactive ketones (excluding diaryl/α,β-unsaturated/α-hetero) is 1. The molecule has 6 heteroatoms. The second-order valence-corrected chi connectivity index (χ2v) is 7.63. The molecule has 2 aromatic carbocycles. The molecule has 2 aromatic rings. The van der Waals surface area contributed by atoms with Crippen LogP contribution in [0.2, 0.25) is 0 Å². The van der Waals surface area contributed by atoms with Crippen LogP contribution in [-0.4, -0.2) is 49.5 Å². The second kappa shape index (κ2) is 7.78. The zero-order valence-corrected chi connectivity index (χ0v) is 16.8. The Kier molecular flexibility index (Phi) is 5.18. The molecule has 4 rings (SSSR count). The molecule has 152 valence electrons. The van der Waals surface area contributed by atoms with Gasteiger partial charge in [0.25, 0.3) is 0 Å². The van der Waals surface area contributed by atoms with Crippen LogP contribution in [-0.2, 0) is 11.2 Å². The number of rotatable bonds is 4. The Morgan fingerprint density at radius 3 is 2.48 bits per heavy atom. The lowest BCUT2D eigenvalue weighted by Crippen LogP contribution is -2.52. The smallest absolute Gasteiger partial charge is 0.226 e. The highest BCUT2D eigenvalue weighted by atomic mass is 16.5. The summed E-state index contributed by atoms with van der Waals surface area (Å²) >= 11 is 0. The lowest BCUT2D eigenvalue weighted by molar-refractivity contribution is -0.134. The van der Waals surface area contributed by atoms with Gasteiger partial charge in [-0.15, -0.1) is 0 Å². The van der Waals surface area contributed by atoms with Crippen LogP contribution >= 0.6 is 0 Å². The highest BCUT2D eigenvalue weighted by molar-refractivity contribution is 6.03. The molecule has 0 atom stereocenters. The Labute approximate surface area is 170 Å². The molecule has 1 fully saturated rings. The number of methoxy groups -OCH3 is 2. The van der Waals surface area contributed by atoms with Crippen LogP contribution in [0.5, 0.6) is 17.2 Å². The summed E-state index contributed by atoms with van der Waals surface area (Å²) in [4.78, 5) is 27.4. The van der Waals surface area contributed by atoms with Crippen molar-refractivity contribution in [2.24, 2.45) is 0 Å². The average molecular weight is 395 g/mol. The first-order chi connectivity index (χ1) is 14.0. The van der Waals surface area contributed by atoms with E-state index in [0.717, 1.165) is 5.56 Å². The van der Waals surface area contributed by atoms with E-state index in [-0.39, 0.29) is 11.7 Å². The topological polar surface area (TPSA) is 65.1 Å². The molecule has 1 spiro atoms. The van der Waals surface area contributed by atoms with Crippen molar-refractivity contribution in [1.29, 1.82) is 0 Å². The Morgan fingerprint density at radius 1 is 1.10 bits per heavy atom. The molecule has 0 unspecified atom stereocenters. The summed E-state index contributed by atoms with van der Waals surface area (Å²) in [6, 6.07) is 13.2. The monoisotopic (exact) mass is 395 g/mol. The van der Waals surface area contributed by atoms with Gasteiger partial charge in [0, 0.05) is 38.1 Å². The predicted octanol–water partition coefficient (Wildman–Crippen LogP) is 3.27. The minimum absolute atomic E-state index is 0.00909. The maximum atomic E-state index is 12.9. The molecular weight excluding hydrogens is 370 g/mol. The van der Waals surface area contributed by atoms with Crippen LogP contribution in [0.15, 0.2) is 42.5 Å². The van der Waals surface area contributed by atoms with Crippen molar-refractivity contribution >= 4 is 11.7 Å². The predicted molar refractivity (Wildman–Crippen MR) is 108 cm³/mol. The fourth-order valence-corrected chi connectivity index (χ4v) is 4.18. The lowest BCUT2D eigenvalue weighted by Gasteiger charge is -2.44. The van der Waals surface area contributed by atoms with Crippen LogP contribution in [0.25, 0.3) is 0 Å². The van der Waals surface area contributed by atoms with Crippen LogP contribution in [0, 0.1) is 0 Å². The number of fused-ring (bicyclic) bond motifs is 1. The number of hydrogen-bond acceptors (Lipinski definition) is 5. The summed E-state index contributed by atoms with van der Waals surface area (Å²) in [5.74, 6) is 1.67. The van der Waals surface area contributed by atoms with Gasteiger partial charge in [-0.2, -0.15) is 0 Å². The molecule has 2 heterocycles. The summed E-state index contributed by atoms with van der Waals surface area (Å²) in [5.41, 5.74) is 0.904. The largest absolute Gasteiger partial charge is 0.496 e. The second-order valence-electron chi connectivity index (χ2n) is 7.63. The van der Waals surface area contributed by atoms with Crippen LogP contribution in [0.1, 0.15) is 35.2 Å². The molecule has 1 saturated heterocycles. The number of piperidine rings is 1. The Balaban J connectivity index is 1.48. The third-order valence-electron chi connectivity index (χ3n) is 5.81. The number of likely N-dealkylation sites (tertiary alicyclic amines) is 1. The van der Waals surface area contributed by atoms with Gasteiger partial charge in [0.1, 0.15) is 28.4 Å². The molecule has 0 saturated carbocycles. The van der Waals surface area contributed by atoms with E-state index in [1.54, 1.807) is 19.2 Å². The van der Waals surface area contributed by atoms with E-state index in [1.807, 2.05) is 35.2 Å². The number of amides is 1. The molecule has 0 aliphatic carbocycles. The number of ketones is 1. The van der Waals surface area contributed by atoms with Gasteiger partial charge in [-0.1, -0.05) is 30.3 Å². The van der Waals surface area contributed by atoms with Crippen LogP contribution in [0.3, 0.4) is 0 Å². The van der Waals surface area contributed by atoms with Crippen LogP contribution < -0.4 is 14.2 Å². The van der Waals surface area contributed by atoms with Crippen LogP contribution in [0.4, 0.5) is 0 Å². The molecule has 0 aromatic heterocycles. The number of benzene rings is 2. The first-order valence-corrected chi connectivity index (χ1v) is 9.83. The van der Waals surface area contributed by atoms with Crippen molar-refractivity contribution in [1.82, 2.24) is 4.90 Å². The molecule has 0 bridgehead atoms. The normalized spacial score (nSPS) is 17.4. The maximum absolute atomic E-state index is 12.9. The van der Waals surface area contributed by atoms with E-state index in [1.165, 1.54) is 7.11 Å². The standard InChI is InChI=1S/C23H25NO5/c1-27-17-13-19(28-2)22-18(25)15-23(29-20(22)14-17)8-10-24(11-9-23)21(26)12-16-6-4-3-5-7-16/h3-7,13-14H,8-12,15H2,1-2H3. The molecule has 29 heavy (non-hydrogen) atoms. The van der Waals surface area contributed by atoms with E-state index < -0.39 is 5.60 Å². The highest BCUT2D eigenvalue weighted by Gasteiger charge is 2.44. The van der Waals surface area contributed by atoms with E-state index in [0.29, 0.717) is 61.6 Å². The molecule has 0 N–H and O–H groups in total. The van der Waals surface area contributed by atoms with Gasteiger partial charge >= 0.3 is 0 Å². The Hall–Kier alpha value is -3.02. The Bertz CT molecular complexity index is 916. The van der Waals surface area contributed by atoms with Crippen molar-refractivity contribution in [3.63, 3.8) is 0 Å². The highest BCUT2D eigenvalue weighted by Crippen LogP contribution is 2.44. The molecule has 6 nitrogen and oxygen atoms in total. The van der Waals surface area contributed by atoms with Crippen molar-refractivity contribution in [3.05, 3.63) is 53.6 Å².